The molecule has 0 spiro atoms. The molecular formula is C23H19Cl2N3O2S. The molecular weight excluding hydrogens is 453 g/mol. The van der Waals surface area contributed by atoms with E-state index in [1.807, 2.05) is 60.8 Å². The summed E-state index contributed by atoms with van der Waals surface area (Å²) < 4.78 is 7.57. The number of hydrogen-bond donors (Lipinski definition) is 1. The molecule has 0 fully saturated rings. The summed E-state index contributed by atoms with van der Waals surface area (Å²) in [7, 11) is 0. The molecule has 4 aromatic rings. The van der Waals surface area contributed by atoms with Crippen molar-refractivity contribution in [2.75, 3.05) is 5.32 Å². The third-order valence-corrected chi connectivity index (χ3v) is 6.00. The molecule has 2 aromatic heterocycles. The van der Waals surface area contributed by atoms with Gasteiger partial charge in [-0.15, -0.1) is 11.3 Å². The lowest BCUT2D eigenvalue weighted by Crippen LogP contribution is -2.10. The van der Waals surface area contributed by atoms with Crippen molar-refractivity contribution in [3.05, 3.63) is 97.9 Å². The summed E-state index contributed by atoms with van der Waals surface area (Å²) in [6.07, 6.45) is 3.37. The summed E-state index contributed by atoms with van der Waals surface area (Å²) in [6.45, 7) is 2.94. The molecule has 0 unspecified atom stereocenters. The molecule has 0 aliphatic carbocycles. The van der Waals surface area contributed by atoms with Gasteiger partial charge in [-0.3, -0.25) is 9.48 Å². The van der Waals surface area contributed by atoms with Gasteiger partial charge in [0.1, 0.15) is 12.4 Å². The standard InChI is InChI=1S/C23H19Cl2N3O2S/c1-15-2-7-20(25)21(8-15)30-13-17-9-22(31-14-17)23(29)27-19-5-3-16(4-6-19)11-28-12-18(24)10-26-28/h2-10,12,14H,11,13H2,1H3,(H,27,29). The second-order valence-corrected chi connectivity index (χ2v) is 8.80. The van der Waals surface area contributed by atoms with Crippen molar-refractivity contribution in [2.24, 2.45) is 0 Å². The van der Waals surface area contributed by atoms with E-state index in [0.29, 0.717) is 33.8 Å². The van der Waals surface area contributed by atoms with Gasteiger partial charge in [-0.1, -0.05) is 41.4 Å². The fourth-order valence-corrected chi connectivity index (χ4v) is 4.07. The molecule has 31 heavy (non-hydrogen) atoms. The van der Waals surface area contributed by atoms with Gasteiger partial charge in [0.05, 0.1) is 27.7 Å². The smallest absolute Gasteiger partial charge is 0.265 e. The summed E-state index contributed by atoms with van der Waals surface area (Å²) in [6, 6.07) is 15.1. The Hall–Kier alpha value is -2.80. The highest BCUT2D eigenvalue weighted by Gasteiger charge is 2.11. The van der Waals surface area contributed by atoms with Crippen LogP contribution < -0.4 is 10.1 Å². The molecule has 2 heterocycles. The number of thiophene rings is 1. The minimum absolute atomic E-state index is 0.156. The number of carbonyl (C=O) groups excluding carboxylic acids is 1. The molecule has 2 aromatic carbocycles. The van der Waals surface area contributed by atoms with Crippen LogP contribution in [0.25, 0.3) is 0 Å². The van der Waals surface area contributed by atoms with Crippen molar-refractivity contribution in [3.8, 4) is 5.75 Å². The van der Waals surface area contributed by atoms with Crippen LogP contribution in [0.15, 0.2) is 66.3 Å². The highest BCUT2D eigenvalue weighted by Crippen LogP contribution is 2.27. The van der Waals surface area contributed by atoms with Crippen molar-refractivity contribution in [1.82, 2.24) is 9.78 Å². The molecule has 1 N–H and O–H groups in total. The van der Waals surface area contributed by atoms with E-state index in [0.717, 1.165) is 22.4 Å². The number of ether oxygens (including phenoxy) is 1. The molecule has 1 amide bonds. The molecule has 0 aliphatic rings. The zero-order chi connectivity index (χ0) is 21.8. The van der Waals surface area contributed by atoms with Crippen LogP contribution in [0.5, 0.6) is 5.75 Å². The van der Waals surface area contributed by atoms with Crippen molar-refractivity contribution < 1.29 is 9.53 Å². The van der Waals surface area contributed by atoms with Crippen LogP contribution in [0.2, 0.25) is 10.0 Å². The highest BCUT2D eigenvalue weighted by atomic mass is 35.5. The zero-order valence-electron chi connectivity index (χ0n) is 16.6. The summed E-state index contributed by atoms with van der Waals surface area (Å²) in [5.41, 5.74) is 3.78. The average Bonchev–Trinajstić information content (AvgIpc) is 3.39. The number of aromatic nitrogens is 2. The van der Waals surface area contributed by atoms with Crippen LogP contribution in [-0.4, -0.2) is 15.7 Å². The highest BCUT2D eigenvalue weighted by molar-refractivity contribution is 7.12. The fraction of sp³-hybridized carbons (Fsp3) is 0.130. The predicted octanol–water partition coefficient (Wildman–Crippen LogP) is 6.44. The van der Waals surface area contributed by atoms with Gasteiger partial charge >= 0.3 is 0 Å². The molecule has 158 valence electrons. The van der Waals surface area contributed by atoms with Crippen LogP contribution in [0, 0.1) is 6.92 Å². The first-order chi connectivity index (χ1) is 15.0. The van der Waals surface area contributed by atoms with Gasteiger partial charge < -0.3 is 10.1 Å². The maximum absolute atomic E-state index is 12.6. The minimum Gasteiger partial charge on any atom is -0.487 e. The average molecular weight is 472 g/mol. The summed E-state index contributed by atoms with van der Waals surface area (Å²) in [4.78, 5) is 13.2. The number of amides is 1. The zero-order valence-corrected chi connectivity index (χ0v) is 19.0. The maximum Gasteiger partial charge on any atom is 0.265 e. The van der Waals surface area contributed by atoms with Gasteiger partial charge in [0.25, 0.3) is 5.91 Å². The Morgan fingerprint density at radius 2 is 1.94 bits per heavy atom. The number of hydrogen-bond acceptors (Lipinski definition) is 4. The molecule has 0 atom stereocenters. The van der Waals surface area contributed by atoms with Crippen molar-refractivity contribution >= 4 is 46.1 Å². The van der Waals surface area contributed by atoms with E-state index in [2.05, 4.69) is 10.4 Å². The van der Waals surface area contributed by atoms with Crippen molar-refractivity contribution in [1.29, 1.82) is 0 Å². The largest absolute Gasteiger partial charge is 0.487 e. The lowest BCUT2D eigenvalue weighted by molar-refractivity contribution is 0.103. The van der Waals surface area contributed by atoms with E-state index >= 15 is 0 Å². The lowest BCUT2D eigenvalue weighted by atomic mass is 10.2. The Morgan fingerprint density at radius 3 is 2.68 bits per heavy atom. The Labute approximate surface area is 194 Å². The quantitative estimate of drug-likeness (QED) is 0.337. The Morgan fingerprint density at radius 1 is 1.13 bits per heavy atom. The molecule has 0 bridgehead atoms. The van der Waals surface area contributed by atoms with Gasteiger partial charge in [0.15, 0.2) is 0 Å². The first-order valence-electron chi connectivity index (χ1n) is 9.51. The topological polar surface area (TPSA) is 56.1 Å². The van der Waals surface area contributed by atoms with Gasteiger partial charge in [0, 0.05) is 17.4 Å². The second kappa shape index (κ2) is 9.56. The third-order valence-electron chi connectivity index (χ3n) is 4.52. The predicted molar refractivity (Wildman–Crippen MR) is 126 cm³/mol. The maximum atomic E-state index is 12.6. The summed E-state index contributed by atoms with van der Waals surface area (Å²) >= 11 is 13.4. The summed E-state index contributed by atoms with van der Waals surface area (Å²) in [5.74, 6) is 0.479. The normalized spacial score (nSPS) is 10.8. The van der Waals surface area contributed by atoms with E-state index in [1.165, 1.54) is 11.3 Å². The van der Waals surface area contributed by atoms with Crippen LogP contribution in [0.4, 0.5) is 5.69 Å². The number of nitrogens with zero attached hydrogens (tertiary/aromatic N) is 2. The van der Waals surface area contributed by atoms with Crippen molar-refractivity contribution in [3.63, 3.8) is 0 Å². The van der Waals surface area contributed by atoms with Gasteiger partial charge in [-0.05, 0) is 53.8 Å². The monoisotopic (exact) mass is 471 g/mol. The second-order valence-electron chi connectivity index (χ2n) is 7.05. The molecule has 0 radical (unpaired) electrons. The van der Waals surface area contributed by atoms with Crippen LogP contribution in [0.3, 0.4) is 0 Å². The van der Waals surface area contributed by atoms with E-state index < -0.39 is 0 Å². The molecule has 0 saturated heterocycles. The number of aryl methyl sites for hydroxylation is 1. The number of carbonyl (C=O) groups is 1. The number of nitrogens with one attached hydrogen (secondary N) is 1. The molecule has 8 heteroatoms. The molecule has 0 saturated carbocycles. The van der Waals surface area contributed by atoms with E-state index in [9.17, 15) is 4.79 Å². The SMILES string of the molecule is Cc1ccc(Cl)c(OCc2csc(C(=O)Nc3ccc(Cn4cc(Cl)cn4)cc3)c2)c1. The van der Waals surface area contributed by atoms with Crippen LogP contribution in [0.1, 0.15) is 26.4 Å². The first-order valence-corrected chi connectivity index (χ1v) is 11.1. The molecule has 4 rings (SSSR count). The Kier molecular flexibility index (Phi) is 6.61. The minimum atomic E-state index is -0.156. The Balaban J connectivity index is 1.33. The fourth-order valence-electron chi connectivity index (χ4n) is 2.95. The van der Waals surface area contributed by atoms with Crippen LogP contribution in [-0.2, 0) is 13.2 Å². The number of anilines is 1. The first kappa shape index (κ1) is 21.4. The van der Waals surface area contributed by atoms with Crippen LogP contribution >= 0.6 is 34.5 Å². The van der Waals surface area contributed by atoms with Gasteiger partial charge in [-0.2, -0.15) is 5.10 Å². The van der Waals surface area contributed by atoms with Gasteiger partial charge in [0.2, 0.25) is 0 Å². The van der Waals surface area contributed by atoms with E-state index in [1.54, 1.807) is 17.1 Å². The van der Waals surface area contributed by atoms with Crippen molar-refractivity contribution in [2.45, 2.75) is 20.1 Å². The number of benzene rings is 2. The van der Waals surface area contributed by atoms with Gasteiger partial charge in [-0.25, -0.2) is 0 Å². The molecule has 0 aliphatic heterocycles. The lowest BCUT2D eigenvalue weighted by Gasteiger charge is -2.08. The number of halogens is 2. The Bertz CT molecular complexity index is 1200. The third kappa shape index (κ3) is 5.67. The molecule has 5 nitrogen and oxygen atoms in total. The van der Waals surface area contributed by atoms with E-state index in [4.69, 9.17) is 27.9 Å². The number of rotatable bonds is 7. The summed E-state index contributed by atoms with van der Waals surface area (Å²) in [5, 5.41) is 10.2. The van der Waals surface area contributed by atoms with E-state index in [-0.39, 0.29) is 5.91 Å².